The van der Waals surface area contributed by atoms with Crippen LogP contribution in [-0.2, 0) is 0 Å². The Labute approximate surface area is 145 Å². The fourth-order valence-electron chi connectivity index (χ4n) is 5.33. The third kappa shape index (κ3) is 3.52. The maximum Gasteiger partial charge on any atom is 0.0229 e. The van der Waals surface area contributed by atoms with Crippen LogP contribution in [0.1, 0.15) is 93.9 Å². The van der Waals surface area contributed by atoms with E-state index >= 15 is 0 Å². The molecule has 0 heterocycles. The molecule has 0 aromatic carbocycles. The first kappa shape index (κ1) is 18.6. The maximum atomic E-state index is 2.48. The summed E-state index contributed by atoms with van der Waals surface area (Å²) in [5, 5.41) is 0. The fraction of sp³-hybridized carbons (Fsp3) is 0.739. The third-order valence-electron chi connectivity index (χ3n) is 6.57. The van der Waals surface area contributed by atoms with Crippen LogP contribution in [0.3, 0.4) is 0 Å². The number of hydrogen-bond acceptors (Lipinski definition) is 0. The molecule has 0 unspecified atom stereocenters. The molecule has 0 atom stereocenters. The van der Waals surface area contributed by atoms with Crippen molar-refractivity contribution in [1.82, 2.24) is 0 Å². The lowest BCUT2D eigenvalue weighted by Crippen LogP contribution is -2.33. The highest BCUT2D eigenvalue weighted by atomic mass is 14.5. The lowest BCUT2D eigenvalue weighted by Gasteiger charge is -2.46. The maximum absolute atomic E-state index is 2.48. The molecule has 2 aliphatic rings. The number of hydrogen-bond donors (Lipinski definition) is 0. The van der Waals surface area contributed by atoms with Crippen LogP contribution in [0.4, 0.5) is 0 Å². The van der Waals surface area contributed by atoms with Gasteiger partial charge in [-0.1, -0.05) is 61.6 Å². The quantitative estimate of drug-likeness (QED) is 0.470. The summed E-state index contributed by atoms with van der Waals surface area (Å²) in [7, 11) is 0. The Morgan fingerprint density at radius 3 is 1.57 bits per heavy atom. The standard InChI is InChI=1S/C23H38/c1-9-16(2)19(20-17(3)12-10-14-22(20,5)6)21-18(4)13-11-15-23(21,7)8/h9,19H,10-15H2,1-8H3. The van der Waals surface area contributed by atoms with Crippen molar-refractivity contribution in [3.05, 3.63) is 33.9 Å². The van der Waals surface area contributed by atoms with Gasteiger partial charge in [-0.25, -0.2) is 0 Å². The van der Waals surface area contributed by atoms with Crippen molar-refractivity contribution in [3.8, 4) is 0 Å². The Balaban J connectivity index is 2.68. The molecule has 0 bridgehead atoms. The molecule has 0 radical (unpaired) electrons. The molecule has 0 aromatic heterocycles. The number of allylic oxidation sites excluding steroid dienone is 6. The molecule has 130 valence electrons. The van der Waals surface area contributed by atoms with E-state index in [0.29, 0.717) is 16.7 Å². The molecule has 2 rings (SSSR count). The highest BCUT2D eigenvalue weighted by molar-refractivity contribution is 5.43. The van der Waals surface area contributed by atoms with Crippen LogP contribution in [0, 0.1) is 16.7 Å². The Morgan fingerprint density at radius 2 is 1.26 bits per heavy atom. The summed E-state index contributed by atoms with van der Waals surface area (Å²) < 4.78 is 0. The van der Waals surface area contributed by atoms with E-state index in [9.17, 15) is 0 Å². The SMILES string of the molecule is CC=C(C)C(C1=C(C)CCCC1(C)C)C1=C(C)CCCC1(C)C. The summed E-state index contributed by atoms with van der Waals surface area (Å²) in [4.78, 5) is 0. The van der Waals surface area contributed by atoms with Crippen molar-refractivity contribution in [2.24, 2.45) is 16.7 Å². The van der Waals surface area contributed by atoms with E-state index in [0.717, 1.165) is 0 Å². The zero-order chi connectivity index (χ0) is 17.4. The van der Waals surface area contributed by atoms with E-state index < -0.39 is 0 Å². The van der Waals surface area contributed by atoms with Crippen LogP contribution < -0.4 is 0 Å². The highest BCUT2D eigenvalue weighted by Gasteiger charge is 2.41. The fourth-order valence-corrected chi connectivity index (χ4v) is 5.33. The monoisotopic (exact) mass is 314 g/mol. The predicted octanol–water partition coefficient (Wildman–Crippen LogP) is 7.62. The first-order chi connectivity index (χ1) is 10.6. The Bertz CT molecular complexity index is 507. The van der Waals surface area contributed by atoms with Gasteiger partial charge in [0, 0.05) is 5.92 Å². The molecule has 0 amide bonds. The van der Waals surface area contributed by atoms with E-state index in [4.69, 9.17) is 0 Å². The minimum absolute atomic E-state index is 0.331. The van der Waals surface area contributed by atoms with Gasteiger partial charge in [-0.05, 0) is 77.0 Å². The lowest BCUT2D eigenvalue weighted by atomic mass is 9.58. The highest BCUT2D eigenvalue weighted by Crippen LogP contribution is 2.54. The molecule has 0 saturated carbocycles. The second-order valence-electron chi connectivity index (χ2n) is 9.33. The van der Waals surface area contributed by atoms with Crippen molar-refractivity contribution >= 4 is 0 Å². The summed E-state index contributed by atoms with van der Waals surface area (Å²) in [5.74, 6) is 0.533. The number of rotatable bonds is 3. The minimum atomic E-state index is 0.331. The third-order valence-corrected chi connectivity index (χ3v) is 6.57. The minimum Gasteiger partial charge on any atom is -0.0878 e. The molecule has 0 N–H and O–H groups in total. The second-order valence-corrected chi connectivity index (χ2v) is 9.33. The molecular weight excluding hydrogens is 276 g/mol. The zero-order valence-electron chi connectivity index (χ0n) is 16.9. The predicted molar refractivity (Wildman–Crippen MR) is 104 cm³/mol. The first-order valence-corrected chi connectivity index (χ1v) is 9.65. The summed E-state index contributed by atoms with van der Waals surface area (Å²) in [6.07, 6.45) is 10.3. The van der Waals surface area contributed by atoms with Gasteiger partial charge in [0.1, 0.15) is 0 Å². The summed E-state index contributed by atoms with van der Waals surface area (Å²) in [6, 6.07) is 0. The topological polar surface area (TPSA) is 0 Å². The lowest BCUT2D eigenvalue weighted by molar-refractivity contribution is 0.300. The van der Waals surface area contributed by atoms with Crippen LogP contribution in [0.15, 0.2) is 33.9 Å². The second kappa shape index (κ2) is 6.61. The van der Waals surface area contributed by atoms with Gasteiger partial charge in [-0.3, -0.25) is 0 Å². The Hall–Kier alpha value is -0.780. The van der Waals surface area contributed by atoms with Crippen molar-refractivity contribution in [2.75, 3.05) is 0 Å². The van der Waals surface area contributed by atoms with E-state index in [1.165, 1.54) is 38.5 Å². The summed E-state index contributed by atoms with van der Waals surface area (Å²) >= 11 is 0. The molecule has 0 fully saturated rings. The van der Waals surface area contributed by atoms with Crippen LogP contribution in [-0.4, -0.2) is 0 Å². The van der Waals surface area contributed by atoms with E-state index in [2.05, 4.69) is 61.5 Å². The van der Waals surface area contributed by atoms with Crippen molar-refractivity contribution < 1.29 is 0 Å². The molecule has 0 spiro atoms. The summed E-state index contributed by atoms with van der Waals surface area (Å²) in [5.41, 5.74) is 9.02. The van der Waals surface area contributed by atoms with Crippen molar-refractivity contribution in [1.29, 1.82) is 0 Å². The van der Waals surface area contributed by atoms with Gasteiger partial charge in [0.25, 0.3) is 0 Å². The van der Waals surface area contributed by atoms with E-state index in [1.54, 1.807) is 27.9 Å². The van der Waals surface area contributed by atoms with Gasteiger partial charge >= 0.3 is 0 Å². The van der Waals surface area contributed by atoms with E-state index in [1.807, 2.05) is 0 Å². The molecule has 0 heteroatoms. The van der Waals surface area contributed by atoms with E-state index in [-0.39, 0.29) is 0 Å². The normalized spacial score (nSPS) is 25.3. The van der Waals surface area contributed by atoms with Crippen molar-refractivity contribution in [3.63, 3.8) is 0 Å². The Kier molecular flexibility index (Phi) is 5.34. The van der Waals surface area contributed by atoms with Gasteiger partial charge in [0.2, 0.25) is 0 Å². The van der Waals surface area contributed by atoms with Crippen LogP contribution >= 0.6 is 0 Å². The molecule has 0 nitrogen and oxygen atoms in total. The van der Waals surface area contributed by atoms with Crippen LogP contribution in [0.5, 0.6) is 0 Å². The van der Waals surface area contributed by atoms with Gasteiger partial charge in [-0.15, -0.1) is 0 Å². The van der Waals surface area contributed by atoms with Gasteiger partial charge in [0.15, 0.2) is 0 Å². The molecule has 0 aliphatic heterocycles. The average molecular weight is 315 g/mol. The van der Waals surface area contributed by atoms with Gasteiger partial charge in [-0.2, -0.15) is 0 Å². The smallest absolute Gasteiger partial charge is 0.0229 e. The van der Waals surface area contributed by atoms with Gasteiger partial charge < -0.3 is 0 Å². The molecule has 23 heavy (non-hydrogen) atoms. The average Bonchev–Trinajstić information content (AvgIpc) is 2.42. The zero-order valence-corrected chi connectivity index (χ0v) is 16.9. The molecule has 2 aliphatic carbocycles. The van der Waals surface area contributed by atoms with Gasteiger partial charge in [0.05, 0.1) is 0 Å². The van der Waals surface area contributed by atoms with Crippen LogP contribution in [0.2, 0.25) is 0 Å². The summed E-state index contributed by atoms with van der Waals surface area (Å²) in [6.45, 7) is 19.3. The molecule has 0 saturated heterocycles. The molecule has 0 aromatic rings. The van der Waals surface area contributed by atoms with Crippen LogP contribution in [0.25, 0.3) is 0 Å². The Morgan fingerprint density at radius 1 is 0.870 bits per heavy atom. The largest absolute Gasteiger partial charge is 0.0878 e. The van der Waals surface area contributed by atoms with Crippen molar-refractivity contribution in [2.45, 2.75) is 93.9 Å². The molecular formula is C23H38. The first-order valence-electron chi connectivity index (χ1n) is 9.65.